The van der Waals surface area contributed by atoms with Gasteiger partial charge in [-0.3, -0.25) is 4.79 Å². The van der Waals surface area contributed by atoms with Gasteiger partial charge in [0.1, 0.15) is 5.75 Å². The fraction of sp³-hybridized carbons (Fsp3) is 0.333. The van der Waals surface area contributed by atoms with E-state index in [-0.39, 0.29) is 11.3 Å². The van der Waals surface area contributed by atoms with E-state index in [0.717, 1.165) is 43.8 Å². The Labute approximate surface area is 171 Å². The number of benzene rings is 2. The van der Waals surface area contributed by atoms with Gasteiger partial charge in [-0.2, -0.15) is 13.2 Å². The van der Waals surface area contributed by atoms with Crippen molar-refractivity contribution in [1.82, 2.24) is 0 Å². The van der Waals surface area contributed by atoms with Gasteiger partial charge < -0.3 is 19.7 Å². The van der Waals surface area contributed by atoms with Gasteiger partial charge in [-0.05, 0) is 49.2 Å². The molecule has 1 heterocycles. The molecule has 0 aliphatic carbocycles. The first kappa shape index (κ1) is 21.5. The number of halogens is 3. The molecule has 0 saturated carbocycles. The van der Waals surface area contributed by atoms with E-state index in [1.807, 2.05) is 0 Å². The number of anilines is 2. The Hall–Kier alpha value is -3.23. The van der Waals surface area contributed by atoms with E-state index >= 15 is 0 Å². The van der Waals surface area contributed by atoms with Crippen molar-refractivity contribution < 1.29 is 32.2 Å². The zero-order valence-electron chi connectivity index (χ0n) is 16.3. The average molecular weight is 422 g/mol. The van der Waals surface area contributed by atoms with Gasteiger partial charge >= 0.3 is 12.1 Å². The molecule has 0 bridgehead atoms. The Morgan fingerprint density at radius 3 is 2.50 bits per heavy atom. The molecule has 1 N–H and O–H groups in total. The molecular formula is C21H21F3N2O4. The van der Waals surface area contributed by atoms with E-state index < -0.39 is 30.2 Å². The van der Waals surface area contributed by atoms with E-state index in [9.17, 15) is 22.8 Å². The fourth-order valence-electron chi connectivity index (χ4n) is 3.21. The molecule has 1 amide bonds. The van der Waals surface area contributed by atoms with Crippen molar-refractivity contribution in [2.45, 2.75) is 19.0 Å². The lowest BCUT2D eigenvalue weighted by Gasteiger charge is -2.22. The van der Waals surface area contributed by atoms with Crippen LogP contribution in [0, 0.1) is 0 Å². The molecule has 9 heteroatoms. The molecule has 1 aliphatic heterocycles. The van der Waals surface area contributed by atoms with Crippen molar-refractivity contribution in [2.24, 2.45) is 0 Å². The molecule has 3 rings (SSSR count). The van der Waals surface area contributed by atoms with Crippen LogP contribution >= 0.6 is 0 Å². The summed E-state index contributed by atoms with van der Waals surface area (Å²) >= 11 is 0. The monoisotopic (exact) mass is 422 g/mol. The Balaban J connectivity index is 1.72. The number of nitrogens with one attached hydrogen (secondary N) is 1. The summed E-state index contributed by atoms with van der Waals surface area (Å²) < 4.78 is 48.4. The van der Waals surface area contributed by atoms with Crippen molar-refractivity contribution in [3.8, 4) is 5.75 Å². The fourth-order valence-corrected chi connectivity index (χ4v) is 3.21. The third kappa shape index (κ3) is 5.22. The molecule has 2 aromatic rings. The van der Waals surface area contributed by atoms with Crippen molar-refractivity contribution in [3.63, 3.8) is 0 Å². The molecule has 6 nitrogen and oxygen atoms in total. The number of carbonyl (C=O) groups excluding carboxylic acids is 2. The van der Waals surface area contributed by atoms with Crippen molar-refractivity contribution in [1.29, 1.82) is 0 Å². The van der Waals surface area contributed by atoms with Crippen LogP contribution in [0.4, 0.5) is 24.5 Å². The predicted octanol–water partition coefficient (Wildman–Crippen LogP) is 4.11. The summed E-state index contributed by atoms with van der Waals surface area (Å²) in [5.41, 5.74) is 0.585. The minimum Gasteiger partial charge on any atom is -0.484 e. The molecule has 1 aliphatic rings. The standard InChI is InChI=1S/C21H21F3N2O4/c1-29-20(28)14-7-8-18(26-9-2-3-10-26)17(11-14)25-19(27)13-30-16-6-4-5-15(12-16)21(22,23)24/h4-8,11-12H,2-3,9-10,13H2,1H3,(H,25,27). The summed E-state index contributed by atoms with van der Waals surface area (Å²) in [4.78, 5) is 26.3. The topological polar surface area (TPSA) is 67.9 Å². The lowest BCUT2D eigenvalue weighted by molar-refractivity contribution is -0.137. The summed E-state index contributed by atoms with van der Waals surface area (Å²) in [7, 11) is 1.26. The van der Waals surface area contributed by atoms with Crippen LogP contribution in [0.25, 0.3) is 0 Å². The number of amides is 1. The summed E-state index contributed by atoms with van der Waals surface area (Å²) in [5.74, 6) is -1.17. The zero-order valence-corrected chi connectivity index (χ0v) is 16.3. The van der Waals surface area contributed by atoms with Gasteiger partial charge in [0.25, 0.3) is 5.91 Å². The van der Waals surface area contributed by atoms with Crippen LogP contribution in [0.2, 0.25) is 0 Å². The van der Waals surface area contributed by atoms with Gasteiger partial charge in [0.05, 0.1) is 29.6 Å². The molecule has 30 heavy (non-hydrogen) atoms. The van der Waals surface area contributed by atoms with Crippen LogP contribution < -0.4 is 15.0 Å². The van der Waals surface area contributed by atoms with Crippen LogP contribution in [-0.2, 0) is 15.7 Å². The van der Waals surface area contributed by atoms with Crippen LogP contribution in [-0.4, -0.2) is 38.7 Å². The highest BCUT2D eigenvalue weighted by Gasteiger charge is 2.30. The molecule has 0 atom stereocenters. The highest BCUT2D eigenvalue weighted by atomic mass is 19.4. The number of ether oxygens (including phenoxy) is 2. The Bertz CT molecular complexity index is 925. The number of methoxy groups -OCH3 is 1. The lowest BCUT2D eigenvalue weighted by Crippen LogP contribution is -2.24. The molecular weight excluding hydrogens is 401 g/mol. The number of esters is 1. The van der Waals surface area contributed by atoms with Gasteiger partial charge in [0, 0.05) is 13.1 Å². The second-order valence-corrected chi connectivity index (χ2v) is 6.78. The predicted molar refractivity (Wildman–Crippen MR) is 105 cm³/mol. The molecule has 160 valence electrons. The summed E-state index contributed by atoms with van der Waals surface area (Å²) in [5, 5.41) is 2.69. The van der Waals surface area contributed by atoms with Crippen molar-refractivity contribution >= 4 is 23.3 Å². The molecule has 0 spiro atoms. The second kappa shape index (κ2) is 9.06. The van der Waals surface area contributed by atoms with Gasteiger partial charge in [-0.15, -0.1) is 0 Å². The van der Waals surface area contributed by atoms with E-state index in [0.29, 0.717) is 5.69 Å². The molecule has 0 radical (unpaired) electrons. The van der Waals surface area contributed by atoms with Crippen molar-refractivity contribution in [3.05, 3.63) is 53.6 Å². The van der Waals surface area contributed by atoms with E-state index in [1.54, 1.807) is 12.1 Å². The van der Waals surface area contributed by atoms with Gasteiger partial charge in [0.15, 0.2) is 6.61 Å². The third-order valence-electron chi connectivity index (χ3n) is 4.67. The van der Waals surface area contributed by atoms with E-state index in [4.69, 9.17) is 9.47 Å². The van der Waals surface area contributed by atoms with Gasteiger partial charge in [-0.25, -0.2) is 4.79 Å². The number of carbonyl (C=O) groups is 2. The number of nitrogens with zero attached hydrogens (tertiary/aromatic N) is 1. The second-order valence-electron chi connectivity index (χ2n) is 6.78. The maximum Gasteiger partial charge on any atom is 0.416 e. The number of hydrogen-bond donors (Lipinski definition) is 1. The molecule has 1 saturated heterocycles. The first-order valence-electron chi connectivity index (χ1n) is 9.35. The van der Waals surface area contributed by atoms with Crippen LogP contribution in [0.5, 0.6) is 5.75 Å². The average Bonchev–Trinajstić information content (AvgIpc) is 3.26. The molecule has 0 unspecified atom stereocenters. The molecule has 0 aromatic heterocycles. The lowest BCUT2D eigenvalue weighted by atomic mass is 10.1. The third-order valence-corrected chi connectivity index (χ3v) is 4.67. The maximum absolute atomic E-state index is 12.8. The van der Waals surface area contributed by atoms with E-state index in [1.165, 1.54) is 25.3 Å². The summed E-state index contributed by atoms with van der Waals surface area (Å²) in [6.07, 6.45) is -2.46. The first-order valence-corrected chi connectivity index (χ1v) is 9.35. The highest BCUT2D eigenvalue weighted by Crippen LogP contribution is 2.32. The normalized spacial score (nSPS) is 13.8. The summed E-state index contributed by atoms with van der Waals surface area (Å²) in [6, 6.07) is 9.18. The number of alkyl halides is 3. The van der Waals surface area contributed by atoms with E-state index in [2.05, 4.69) is 10.2 Å². The van der Waals surface area contributed by atoms with Gasteiger partial charge in [-0.1, -0.05) is 6.07 Å². The van der Waals surface area contributed by atoms with Crippen molar-refractivity contribution in [2.75, 3.05) is 37.0 Å². The number of hydrogen-bond acceptors (Lipinski definition) is 5. The largest absolute Gasteiger partial charge is 0.484 e. The Morgan fingerprint density at radius 1 is 1.10 bits per heavy atom. The van der Waals surface area contributed by atoms with Crippen LogP contribution in [0.3, 0.4) is 0 Å². The minimum absolute atomic E-state index is 0.0666. The Kier molecular flexibility index (Phi) is 6.49. The quantitative estimate of drug-likeness (QED) is 0.710. The highest BCUT2D eigenvalue weighted by molar-refractivity contribution is 5.98. The summed E-state index contributed by atoms with van der Waals surface area (Å²) in [6.45, 7) is 1.16. The zero-order chi connectivity index (χ0) is 21.7. The molecule has 2 aromatic carbocycles. The minimum atomic E-state index is -4.50. The SMILES string of the molecule is COC(=O)c1ccc(N2CCCC2)c(NC(=O)COc2cccc(C(F)(F)F)c2)c1. The maximum atomic E-state index is 12.8. The van der Waals surface area contributed by atoms with Crippen LogP contribution in [0.15, 0.2) is 42.5 Å². The van der Waals surface area contributed by atoms with Gasteiger partial charge in [0.2, 0.25) is 0 Å². The first-order chi connectivity index (χ1) is 14.3. The molecule has 1 fully saturated rings. The smallest absolute Gasteiger partial charge is 0.416 e. The number of rotatable bonds is 6. The Morgan fingerprint density at radius 2 is 1.83 bits per heavy atom. The van der Waals surface area contributed by atoms with Crippen LogP contribution in [0.1, 0.15) is 28.8 Å².